The molecule has 0 aliphatic carbocycles. The summed E-state index contributed by atoms with van der Waals surface area (Å²) < 4.78 is 47.2. The minimum atomic E-state index is -4.87. The number of para-hydroxylation sites is 1. The number of halogens is 3. The van der Waals surface area contributed by atoms with Gasteiger partial charge in [-0.25, -0.2) is 0 Å². The number of carbonyl (C=O) groups excluding carboxylic acids is 1. The second kappa shape index (κ2) is 8.81. The van der Waals surface area contributed by atoms with E-state index in [0.29, 0.717) is 6.54 Å². The summed E-state index contributed by atoms with van der Waals surface area (Å²) in [4.78, 5) is 24.8. The van der Waals surface area contributed by atoms with E-state index in [1.807, 2.05) is 13.8 Å². The molecule has 1 heterocycles. The highest BCUT2D eigenvalue weighted by Crippen LogP contribution is 2.34. The first-order chi connectivity index (χ1) is 13.1. The zero-order chi connectivity index (χ0) is 20.9. The fourth-order valence-corrected chi connectivity index (χ4v) is 2.58. The standard InChI is InChI=1S/C19H20F3NO5/c1-12(2)11-23(10-9-17(24)25)18(26)16-8-7-14(27-16)13-5-3-4-6-15(13)28-19(20,21)22/h3-8,12H,9-11H2,1-2H3,(H,24,25). The number of ether oxygens (including phenoxy) is 1. The Balaban J connectivity index is 2.27. The summed E-state index contributed by atoms with van der Waals surface area (Å²) in [7, 11) is 0. The van der Waals surface area contributed by atoms with Gasteiger partial charge in [0.25, 0.3) is 5.91 Å². The number of benzene rings is 1. The number of nitrogens with zero attached hydrogens (tertiary/aromatic N) is 1. The minimum Gasteiger partial charge on any atom is -0.481 e. The van der Waals surface area contributed by atoms with Crippen molar-refractivity contribution in [2.75, 3.05) is 13.1 Å². The third kappa shape index (κ3) is 6.04. The molecule has 0 unspecified atom stereocenters. The lowest BCUT2D eigenvalue weighted by atomic mass is 10.1. The predicted molar refractivity (Wildman–Crippen MR) is 93.8 cm³/mol. The Morgan fingerprint density at radius 2 is 1.86 bits per heavy atom. The molecule has 2 aromatic rings. The Morgan fingerprint density at radius 3 is 2.46 bits per heavy atom. The van der Waals surface area contributed by atoms with E-state index < -0.39 is 24.0 Å². The molecule has 0 aliphatic rings. The average molecular weight is 399 g/mol. The molecule has 0 atom stereocenters. The van der Waals surface area contributed by atoms with Gasteiger partial charge in [-0.05, 0) is 30.2 Å². The number of aliphatic carboxylic acids is 1. The maximum Gasteiger partial charge on any atom is 0.573 e. The number of alkyl halides is 3. The van der Waals surface area contributed by atoms with Crippen LogP contribution in [0.15, 0.2) is 40.8 Å². The van der Waals surface area contributed by atoms with Crippen molar-refractivity contribution >= 4 is 11.9 Å². The second-order valence-corrected chi connectivity index (χ2v) is 6.50. The first kappa shape index (κ1) is 21.3. The van der Waals surface area contributed by atoms with Crippen molar-refractivity contribution in [2.45, 2.75) is 26.6 Å². The Kier molecular flexibility index (Phi) is 6.71. The van der Waals surface area contributed by atoms with Crippen LogP contribution in [0.2, 0.25) is 0 Å². The lowest BCUT2D eigenvalue weighted by Gasteiger charge is -2.22. The fourth-order valence-electron chi connectivity index (χ4n) is 2.58. The summed E-state index contributed by atoms with van der Waals surface area (Å²) in [5, 5.41) is 8.86. The van der Waals surface area contributed by atoms with E-state index >= 15 is 0 Å². The summed E-state index contributed by atoms with van der Waals surface area (Å²) in [6.45, 7) is 4.06. The summed E-state index contributed by atoms with van der Waals surface area (Å²) in [5.41, 5.74) is 0.0415. The largest absolute Gasteiger partial charge is 0.573 e. The van der Waals surface area contributed by atoms with Crippen molar-refractivity contribution in [3.05, 3.63) is 42.2 Å². The average Bonchev–Trinajstić information content (AvgIpc) is 3.06. The highest BCUT2D eigenvalue weighted by Gasteiger charge is 2.32. The summed E-state index contributed by atoms with van der Waals surface area (Å²) in [6.07, 6.45) is -5.10. The molecule has 152 valence electrons. The number of carboxylic acids is 1. The van der Waals surface area contributed by atoms with Crippen LogP contribution in [-0.4, -0.2) is 41.3 Å². The second-order valence-electron chi connectivity index (χ2n) is 6.50. The highest BCUT2D eigenvalue weighted by atomic mass is 19.4. The van der Waals surface area contributed by atoms with Gasteiger partial charge in [0.2, 0.25) is 0 Å². The van der Waals surface area contributed by atoms with Gasteiger partial charge in [0.05, 0.1) is 12.0 Å². The number of carboxylic acid groups (broad SMARTS) is 1. The van der Waals surface area contributed by atoms with E-state index in [0.717, 1.165) is 6.07 Å². The van der Waals surface area contributed by atoms with Crippen LogP contribution >= 0.6 is 0 Å². The maximum absolute atomic E-state index is 12.7. The number of furan rings is 1. The number of carbonyl (C=O) groups is 2. The molecule has 1 amide bonds. The SMILES string of the molecule is CC(C)CN(CCC(=O)O)C(=O)c1ccc(-c2ccccc2OC(F)(F)F)o1. The van der Waals surface area contributed by atoms with E-state index in [-0.39, 0.29) is 36.0 Å². The molecule has 0 saturated heterocycles. The number of hydrogen-bond acceptors (Lipinski definition) is 4. The zero-order valence-corrected chi connectivity index (χ0v) is 15.3. The van der Waals surface area contributed by atoms with Crippen LogP contribution < -0.4 is 4.74 Å². The van der Waals surface area contributed by atoms with Crippen LogP contribution in [0.5, 0.6) is 5.75 Å². The van der Waals surface area contributed by atoms with E-state index in [4.69, 9.17) is 9.52 Å². The van der Waals surface area contributed by atoms with E-state index in [9.17, 15) is 22.8 Å². The maximum atomic E-state index is 12.7. The number of amides is 1. The quantitative estimate of drug-likeness (QED) is 0.711. The van der Waals surface area contributed by atoms with E-state index in [2.05, 4.69) is 4.74 Å². The first-order valence-electron chi connectivity index (χ1n) is 8.53. The van der Waals surface area contributed by atoms with Gasteiger partial charge in [-0.15, -0.1) is 13.2 Å². The van der Waals surface area contributed by atoms with Crippen LogP contribution in [0.4, 0.5) is 13.2 Å². The highest BCUT2D eigenvalue weighted by molar-refractivity contribution is 5.92. The molecule has 0 fully saturated rings. The third-order valence-electron chi connectivity index (χ3n) is 3.66. The molecule has 1 aromatic carbocycles. The van der Waals surface area contributed by atoms with E-state index in [1.165, 1.54) is 35.2 Å². The minimum absolute atomic E-state index is 0.00382. The number of rotatable bonds is 8. The molecule has 0 saturated carbocycles. The molecule has 2 rings (SSSR count). The van der Waals surface area contributed by atoms with Crippen molar-refractivity contribution in [1.29, 1.82) is 0 Å². The predicted octanol–water partition coefficient (Wildman–Crippen LogP) is 4.42. The van der Waals surface area contributed by atoms with Crippen LogP contribution in [0, 0.1) is 5.92 Å². The molecular weight excluding hydrogens is 379 g/mol. The molecule has 0 spiro atoms. The molecule has 0 aliphatic heterocycles. The van der Waals surface area contributed by atoms with Gasteiger partial charge in [-0.2, -0.15) is 0 Å². The summed E-state index contributed by atoms with van der Waals surface area (Å²) in [6, 6.07) is 8.14. The monoisotopic (exact) mass is 399 g/mol. The topological polar surface area (TPSA) is 80.0 Å². The van der Waals surface area contributed by atoms with Gasteiger partial charge >= 0.3 is 12.3 Å². The zero-order valence-electron chi connectivity index (χ0n) is 15.3. The Hall–Kier alpha value is -2.97. The van der Waals surface area contributed by atoms with Crippen molar-refractivity contribution in [1.82, 2.24) is 4.90 Å². The number of hydrogen-bond donors (Lipinski definition) is 1. The lowest BCUT2D eigenvalue weighted by molar-refractivity contribution is -0.274. The Morgan fingerprint density at radius 1 is 1.18 bits per heavy atom. The van der Waals surface area contributed by atoms with Crippen molar-refractivity contribution in [3.63, 3.8) is 0 Å². The van der Waals surface area contributed by atoms with Gasteiger partial charge < -0.3 is 19.2 Å². The fraction of sp³-hybridized carbons (Fsp3) is 0.368. The molecule has 1 aromatic heterocycles. The van der Waals surface area contributed by atoms with Gasteiger partial charge in [-0.3, -0.25) is 9.59 Å². The van der Waals surface area contributed by atoms with Gasteiger partial charge in [0, 0.05) is 13.1 Å². The molecule has 1 N–H and O–H groups in total. The molecular formula is C19H20F3NO5. The van der Waals surface area contributed by atoms with Gasteiger partial charge in [-0.1, -0.05) is 26.0 Å². The molecule has 28 heavy (non-hydrogen) atoms. The van der Waals surface area contributed by atoms with Crippen LogP contribution in [0.1, 0.15) is 30.8 Å². The van der Waals surface area contributed by atoms with Crippen molar-refractivity contribution in [2.24, 2.45) is 5.92 Å². The van der Waals surface area contributed by atoms with Crippen molar-refractivity contribution in [3.8, 4) is 17.1 Å². The van der Waals surface area contributed by atoms with Crippen LogP contribution in [0.3, 0.4) is 0 Å². The van der Waals surface area contributed by atoms with Crippen molar-refractivity contribution < 1.29 is 37.0 Å². The summed E-state index contributed by atoms with van der Waals surface area (Å²) in [5.74, 6) is -1.99. The molecule has 0 radical (unpaired) electrons. The van der Waals surface area contributed by atoms with E-state index in [1.54, 1.807) is 0 Å². The molecule has 9 heteroatoms. The molecule has 0 bridgehead atoms. The Labute approximate surface area is 159 Å². The normalized spacial score (nSPS) is 11.5. The van der Waals surface area contributed by atoms with Gasteiger partial charge in [0.1, 0.15) is 11.5 Å². The molecule has 6 nitrogen and oxygen atoms in total. The van der Waals surface area contributed by atoms with Crippen LogP contribution in [-0.2, 0) is 4.79 Å². The summed E-state index contributed by atoms with van der Waals surface area (Å²) >= 11 is 0. The smallest absolute Gasteiger partial charge is 0.481 e. The lowest BCUT2D eigenvalue weighted by Crippen LogP contribution is -2.35. The Bertz CT molecular complexity index is 829. The first-order valence-corrected chi connectivity index (χ1v) is 8.53. The third-order valence-corrected chi connectivity index (χ3v) is 3.66. The van der Waals surface area contributed by atoms with Crippen LogP contribution in [0.25, 0.3) is 11.3 Å². The van der Waals surface area contributed by atoms with Gasteiger partial charge in [0.15, 0.2) is 5.76 Å².